The van der Waals surface area contributed by atoms with E-state index in [1.807, 2.05) is 6.07 Å². The molecule has 2 heterocycles. The number of hydrogen-bond donors (Lipinski definition) is 1. The molecular weight excluding hydrogens is 303 g/mol. The van der Waals surface area contributed by atoms with Crippen LogP contribution in [-0.2, 0) is 15.4 Å². The largest absolute Gasteiger partial charge is 0.385 e. The zero-order valence-electron chi connectivity index (χ0n) is 12.0. The van der Waals surface area contributed by atoms with E-state index in [1.165, 1.54) is 6.07 Å². The third-order valence-corrected chi connectivity index (χ3v) is 7.91. The molecule has 2 aromatic rings. The molecule has 0 spiro atoms. The van der Waals surface area contributed by atoms with E-state index in [1.54, 1.807) is 24.3 Å². The normalized spacial score (nSPS) is 33.2. The Hall–Kier alpha value is -1.46. The lowest BCUT2D eigenvalue weighted by molar-refractivity contribution is 0.0187. The summed E-state index contributed by atoms with van der Waals surface area (Å²) in [5.74, 6) is -0.325. The summed E-state index contributed by atoms with van der Waals surface area (Å²) in [7, 11) is -3.10. The van der Waals surface area contributed by atoms with E-state index < -0.39 is 25.9 Å². The molecule has 2 bridgehead atoms. The van der Waals surface area contributed by atoms with Gasteiger partial charge >= 0.3 is 0 Å². The fourth-order valence-electron chi connectivity index (χ4n) is 4.13. The quantitative estimate of drug-likeness (QED) is 0.879. The lowest BCUT2D eigenvalue weighted by Gasteiger charge is -2.37. The first kappa shape index (κ1) is 14.2. The van der Waals surface area contributed by atoms with Crippen LogP contribution in [0.1, 0.15) is 31.2 Å². The zero-order chi connectivity index (χ0) is 15.5. The highest BCUT2D eigenvalue weighted by Gasteiger charge is 2.53. The molecule has 2 saturated heterocycles. The highest BCUT2D eigenvalue weighted by Crippen LogP contribution is 2.48. The van der Waals surface area contributed by atoms with Crippen LogP contribution in [0, 0.1) is 5.82 Å². The van der Waals surface area contributed by atoms with Crippen molar-refractivity contribution < 1.29 is 17.9 Å². The van der Waals surface area contributed by atoms with Gasteiger partial charge in [0.05, 0.1) is 16.1 Å². The molecule has 2 aliphatic rings. The van der Waals surface area contributed by atoms with E-state index in [0.717, 1.165) is 0 Å². The highest BCUT2D eigenvalue weighted by molar-refractivity contribution is 7.93. The summed E-state index contributed by atoms with van der Waals surface area (Å²) in [5.41, 5.74) is -0.541. The second-order valence-electron chi connectivity index (χ2n) is 6.49. The predicted octanol–water partition coefficient (Wildman–Crippen LogP) is 2.91. The Balaban J connectivity index is 1.88. The molecule has 22 heavy (non-hydrogen) atoms. The maximum Gasteiger partial charge on any atom is 0.156 e. The minimum absolute atomic E-state index is 0.210. The number of rotatable bonds is 1. The molecule has 2 aromatic carbocycles. The van der Waals surface area contributed by atoms with Crippen molar-refractivity contribution in [2.45, 2.75) is 41.8 Å². The van der Waals surface area contributed by atoms with E-state index in [0.29, 0.717) is 29.2 Å². The summed E-state index contributed by atoms with van der Waals surface area (Å²) < 4.78 is 38.5. The molecule has 4 rings (SSSR count). The first-order valence-corrected chi connectivity index (χ1v) is 9.15. The topological polar surface area (TPSA) is 54.4 Å². The van der Waals surface area contributed by atoms with Crippen molar-refractivity contribution in [2.24, 2.45) is 0 Å². The summed E-state index contributed by atoms with van der Waals surface area (Å²) in [6, 6.07) is 10.0. The monoisotopic (exact) mass is 320 g/mol. The first-order chi connectivity index (χ1) is 10.4. The third kappa shape index (κ3) is 1.85. The molecule has 5 heteroatoms. The van der Waals surface area contributed by atoms with Crippen molar-refractivity contribution >= 4 is 20.6 Å². The number of sulfone groups is 1. The molecule has 1 N–H and O–H groups in total. The lowest BCUT2D eigenvalue weighted by Crippen LogP contribution is -2.43. The average Bonchev–Trinajstić information content (AvgIpc) is 2.66. The van der Waals surface area contributed by atoms with Crippen LogP contribution in [0.5, 0.6) is 0 Å². The summed E-state index contributed by atoms with van der Waals surface area (Å²) in [5, 5.41) is 11.4. The second-order valence-corrected chi connectivity index (χ2v) is 9.00. The van der Waals surface area contributed by atoms with Crippen molar-refractivity contribution in [2.75, 3.05) is 0 Å². The van der Waals surface area contributed by atoms with E-state index in [4.69, 9.17) is 0 Å². The molecule has 2 fully saturated rings. The SMILES string of the molecule is O=S1(=O)C2CCC1CC(O)(c1ccc(F)c3ccccc13)C2. The van der Waals surface area contributed by atoms with Gasteiger partial charge in [0.2, 0.25) is 0 Å². The average molecular weight is 320 g/mol. The van der Waals surface area contributed by atoms with Gasteiger partial charge in [-0.05, 0) is 42.7 Å². The summed E-state index contributed by atoms with van der Waals surface area (Å²) in [4.78, 5) is 0. The minimum Gasteiger partial charge on any atom is -0.385 e. The van der Waals surface area contributed by atoms with Crippen LogP contribution >= 0.6 is 0 Å². The molecule has 0 saturated carbocycles. The van der Waals surface area contributed by atoms with Crippen molar-refractivity contribution in [3.05, 3.63) is 47.8 Å². The van der Waals surface area contributed by atoms with E-state index in [-0.39, 0.29) is 18.7 Å². The van der Waals surface area contributed by atoms with Gasteiger partial charge in [0, 0.05) is 5.39 Å². The van der Waals surface area contributed by atoms with Gasteiger partial charge in [-0.3, -0.25) is 0 Å². The van der Waals surface area contributed by atoms with Gasteiger partial charge < -0.3 is 5.11 Å². The fraction of sp³-hybridized carbons (Fsp3) is 0.412. The Morgan fingerprint density at radius 1 is 1.00 bits per heavy atom. The molecule has 2 aliphatic heterocycles. The highest BCUT2D eigenvalue weighted by atomic mass is 32.2. The lowest BCUT2D eigenvalue weighted by atomic mass is 9.83. The van der Waals surface area contributed by atoms with Gasteiger partial charge in [0.1, 0.15) is 5.82 Å². The van der Waals surface area contributed by atoms with Crippen LogP contribution in [0.15, 0.2) is 36.4 Å². The third-order valence-electron chi connectivity index (χ3n) is 5.24. The number of fused-ring (bicyclic) bond motifs is 3. The Labute approximate surface area is 128 Å². The summed E-state index contributed by atoms with van der Waals surface area (Å²) in [6.45, 7) is 0. The molecule has 3 nitrogen and oxygen atoms in total. The Morgan fingerprint density at radius 2 is 1.59 bits per heavy atom. The fourth-order valence-corrected chi connectivity index (χ4v) is 6.62. The van der Waals surface area contributed by atoms with Gasteiger partial charge in [0.25, 0.3) is 0 Å². The minimum atomic E-state index is -3.10. The van der Waals surface area contributed by atoms with E-state index in [2.05, 4.69) is 0 Å². The van der Waals surface area contributed by atoms with E-state index in [9.17, 15) is 17.9 Å². The summed E-state index contributed by atoms with van der Waals surface area (Å²) in [6.07, 6.45) is 1.66. The number of hydrogen-bond acceptors (Lipinski definition) is 3. The molecule has 0 aromatic heterocycles. The maximum absolute atomic E-state index is 14.0. The van der Waals surface area contributed by atoms with Gasteiger partial charge in [0.15, 0.2) is 9.84 Å². The molecule has 116 valence electrons. The van der Waals surface area contributed by atoms with Crippen LogP contribution in [0.2, 0.25) is 0 Å². The van der Waals surface area contributed by atoms with Crippen molar-refractivity contribution in [3.8, 4) is 0 Å². The smallest absolute Gasteiger partial charge is 0.156 e. The van der Waals surface area contributed by atoms with Crippen molar-refractivity contribution in [3.63, 3.8) is 0 Å². The molecule has 2 unspecified atom stereocenters. The standard InChI is InChI=1S/C17H17FO3S/c18-16-8-7-15(13-3-1-2-4-14(13)16)17(19)9-11-5-6-12(10-17)22(11,20)21/h1-4,7-8,11-12,19H,5-6,9-10H2. The van der Waals surface area contributed by atoms with Gasteiger partial charge in [-0.25, -0.2) is 12.8 Å². The number of benzene rings is 2. The first-order valence-electron chi connectivity index (χ1n) is 7.55. The summed E-state index contributed by atoms with van der Waals surface area (Å²) >= 11 is 0. The maximum atomic E-state index is 14.0. The molecular formula is C17H17FO3S. The Bertz CT molecular complexity index is 839. The molecule has 2 atom stereocenters. The van der Waals surface area contributed by atoms with Crippen LogP contribution in [0.3, 0.4) is 0 Å². The Kier molecular flexibility index (Phi) is 2.91. The van der Waals surface area contributed by atoms with Crippen LogP contribution in [0.4, 0.5) is 4.39 Å². The van der Waals surface area contributed by atoms with Crippen molar-refractivity contribution in [1.82, 2.24) is 0 Å². The van der Waals surface area contributed by atoms with Gasteiger partial charge in [-0.1, -0.05) is 30.3 Å². The molecule has 0 radical (unpaired) electrons. The van der Waals surface area contributed by atoms with E-state index >= 15 is 0 Å². The number of aliphatic hydroxyl groups is 1. The number of halogens is 1. The molecule has 0 amide bonds. The second kappa shape index (κ2) is 4.52. The van der Waals surface area contributed by atoms with Crippen molar-refractivity contribution in [1.29, 1.82) is 0 Å². The Morgan fingerprint density at radius 3 is 2.23 bits per heavy atom. The van der Waals surface area contributed by atoms with Crippen LogP contribution < -0.4 is 0 Å². The van der Waals surface area contributed by atoms with Gasteiger partial charge in [-0.15, -0.1) is 0 Å². The van der Waals surface area contributed by atoms with Crippen LogP contribution in [-0.4, -0.2) is 24.0 Å². The predicted molar refractivity (Wildman–Crippen MR) is 82.8 cm³/mol. The molecule has 0 aliphatic carbocycles. The zero-order valence-corrected chi connectivity index (χ0v) is 12.8. The van der Waals surface area contributed by atoms with Crippen LogP contribution in [0.25, 0.3) is 10.8 Å². The van der Waals surface area contributed by atoms with Gasteiger partial charge in [-0.2, -0.15) is 0 Å².